The van der Waals surface area contributed by atoms with Crippen molar-refractivity contribution in [2.24, 2.45) is 5.41 Å². The lowest BCUT2D eigenvalue weighted by Crippen LogP contribution is -2.33. The van der Waals surface area contributed by atoms with Crippen molar-refractivity contribution in [2.75, 3.05) is 29.9 Å². The molecule has 0 aliphatic carbocycles. The van der Waals surface area contributed by atoms with E-state index in [0.717, 1.165) is 0 Å². The molecular formula is C19H20N2O6S. The Hall–Kier alpha value is -2.94. The second kappa shape index (κ2) is 6.59. The van der Waals surface area contributed by atoms with Crippen LogP contribution in [0, 0.1) is 5.41 Å². The smallest absolute Gasteiger partial charge is 0.262 e. The first kappa shape index (κ1) is 18.4. The van der Waals surface area contributed by atoms with Gasteiger partial charge in [0.2, 0.25) is 5.91 Å². The average Bonchev–Trinajstić information content (AvgIpc) is 2.77. The molecule has 148 valence electrons. The maximum Gasteiger partial charge on any atom is 0.262 e. The Morgan fingerprint density at radius 2 is 1.71 bits per heavy atom. The lowest BCUT2D eigenvalue weighted by molar-refractivity contribution is -0.124. The fourth-order valence-corrected chi connectivity index (χ4v) is 3.89. The topological polar surface area (TPSA) is 103 Å². The lowest BCUT2D eigenvalue weighted by Gasteiger charge is -2.19. The third-order valence-corrected chi connectivity index (χ3v) is 5.89. The van der Waals surface area contributed by atoms with E-state index in [1.807, 2.05) is 0 Å². The molecule has 0 radical (unpaired) electrons. The van der Waals surface area contributed by atoms with Gasteiger partial charge in [-0.15, -0.1) is 0 Å². The number of nitrogens with one attached hydrogen (secondary N) is 2. The molecule has 2 heterocycles. The van der Waals surface area contributed by atoms with Crippen LogP contribution in [0.25, 0.3) is 0 Å². The molecule has 0 spiro atoms. The molecule has 4 rings (SSSR count). The Morgan fingerprint density at radius 3 is 2.50 bits per heavy atom. The fraction of sp³-hybridized carbons (Fsp3) is 0.316. The van der Waals surface area contributed by atoms with Crippen molar-refractivity contribution < 1.29 is 27.4 Å². The number of rotatable bonds is 3. The Labute approximate surface area is 162 Å². The molecule has 2 N–H and O–H groups in total. The minimum Gasteiger partial charge on any atom is -0.490 e. The van der Waals surface area contributed by atoms with E-state index in [1.54, 1.807) is 38.1 Å². The maximum atomic E-state index is 12.8. The van der Waals surface area contributed by atoms with Crippen LogP contribution in [0.15, 0.2) is 41.3 Å². The molecule has 1 amide bonds. The van der Waals surface area contributed by atoms with E-state index in [1.165, 1.54) is 12.1 Å². The predicted octanol–water partition coefficient (Wildman–Crippen LogP) is 2.62. The second-order valence-electron chi connectivity index (χ2n) is 7.25. The van der Waals surface area contributed by atoms with Crippen molar-refractivity contribution >= 4 is 27.3 Å². The number of hydrogen-bond acceptors (Lipinski definition) is 6. The van der Waals surface area contributed by atoms with Gasteiger partial charge in [-0.3, -0.25) is 9.52 Å². The van der Waals surface area contributed by atoms with E-state index < -0.39 is 15.4 Å². The molecule has 0 atom stereocenters. The molecule has 2 aromatic carbocycles. The number of carbonyl (C=O) groups excluding carboxylic acids is 1. The van der Waals surface area contributed by atoms with Crippen LogP contribution in [0.2, 0.25) is 0 Å². The van der Waals surface area contributed by atoms with E-state index in [2.05, 4.69) is 10.0 Å². The summed E-state index contributed by atoms with van der Waals surface area (Å²) in [5, 5.41) is 2.80. The minimum atomic E-state index is -3.84. The predicted molar refractivity (Wildman–Crippen MR) is 103 cm³/mol. The molecular weight excluding hydrogens is 384 g/mol. The van der Waals surface area contributed by atoms with Crippen molar-refractivity contribution in [3.8, 4) is 17.2 Å². The zero-order chi connectivity index (χ0) is 19.9. The highest BCUT2D eigenvalue weighted by molar-refractivity contribution is 7.92. The monoisotopic (exact) mass is 404 g/mol. The summed E-state index contributed by atoms with van der Waals surface area (Å²) in [7, 11) is -3.84. The number of amides is 1. The SMILES string of the molecule is CC1(C)COc2cc(NS(=O)(=O)c3ccc4c(c3)OCCO4)ccc2NC1=O. The summed E-state index contributed by atoms with van der Waals surface area (Å²) in [5.41, 5.74) is 0.129. The van der Waals surface area contributed by atoms with Crippen molar-refractivity contribution in [3.05, 3.63) is 36.4 Å². The number of anilines is 2. The number of benzene rings is 2. The van der Waals surface area contributed by atoms with Gasteiger partial charge in [-0.1, -0.05) is 0 Å². The van der Waals surface area contributed by atoms with Crippen LogP contribution >= 0.6 is 0 Å². The van der Waals surface area contributed by atoms with E-state index in [0.29, 0.717) is 41.8 Å². The Kier molecular flexibility index (Phi) is 4.34. The summed E-state index contributed by atoms with van der Waals surface area (Å²) in [6.07, 6.45) is 0. The molecule has 2 aliphatic heterocycles. The zero-order valence-corrected chi connectivity index (χ0v) is 16.3. The largest absolute Gasteiger partial charge is 0.490 e. The van der Waals surface area contributed by atoms with Gasteiger partial charge in [-0.05, 0) is 38.1 Å². The second-order valence-corrected chi connectivity index (χ2v) is 8.93. The van der Waals surface area contributed by atoms with Gasteiger partial charge < -0.3 is 19.5 Å². The molecule has 9 heteroatoms. The summed E-state index contributed by atoms with van der Waals surface area (Å²) < 4.78 is 44.6. The van der Waals surface area contributed by atoms with E-state index >= 15 is 0 Å². The molecule has 0 saturated carbocycles. The van der Waals surface area contributed by atoms with Crippen molar-refractivity contribution in [1.82, 2.24) is 0 Å². The molecule has 8 nitrogen and oxygen atoms in total. The minimum absolute atomic E-state index is 0.0575. The van der Waals surface area contributed by atoms with Crippen LogP contribution in [-0.4, -0.2) is 34.1 Å². The molecule has 28 heavy (non-hydrogen) atoms. The van der Waals surface area contributed by atoms with Gasteiger partial charge >= 0.3 is 0 Å². The molecule has 0 saturated heterocycles. The molecule has 0 aromatic heterocycles. The van der Waals surface area contributed by atoms with Crippen LogP contribution in [0.3, 0.4) is 0 Å². The lowest BCUT2D eigenvalue weighted by atomic mass is 9.94. The van der Waals surface area contributed by atoms with Gasteiger partial charge in [0.25, 0.3) is 10.0 Å². The molecule has 2 aromatic rings. The fourth-order valence-electron chi connectivity index (χ4n) is 2.83. The zero-order valence-electron chi connectivity index (χ0n) is 15.4. The van der Waals surface area contributed by atoms with Crippen LogP contribution in [-0.2, 0) is 14.8 Å². The molecule has 0 bridgehead atoms. The molecule has 0 unspecified atom stereocenters. The highest BCUT2D eigenvalue weighted by atomic mass is 32.2. The quantitative estimate of drug-likeness (QED) is 0.815. The van der Waals surface area contributed by atoms with Gasteiger partial charge in [0.05, 0.1) is 21.7 Å². The van der Waals surface area contributed by atoms with Crippen molar-refractivity contribution in [1.29, 1.82) is 0 Å². The Bertz CT molecular complexity index is 1050. The van der Waals surface area contributed by atoms with Crippen LogP contribution < -0.4 is 24.2 Å². The van der Waals surface area contributed by atoms with E-state index in [-0.39, 0.29) is 17.4 Å². The number of fused-ring (bicyclic) bond motifs is 2. The first-order chi connectivity index (χ1) is 13.2. The van der Waals surface area contributed by atoms with E-state index in [4.69, 9.17) is 14.2 Å². The van der Waals surface area contributed by atoms with Gasteiger partial charge in [-0.25, -0.2) is 8.42 Å². The number of hydrogen-bond donors (Lipinski definition) is 2. The number of ether oxygens (including phenoxy) is 3. The van der Waals surface area contributed by atoms with Gasteiger partial charge in [0.1, 0.15) is 25.6 Å². The first-order valence-corrected chi connectivity index (χ1v) is 10.2. The Morgan fingerprint density at radius 1 is 0.964 bits per heavy atom. The van der Waals surface area contributed by atoms with Gasteiger partial charge in [-0.2, -0.15) is 0 Å². The van der Waals surface area contributed by atoms with Crippen molar-refractivity contribution in [2.45, 2.75) is 18.7 Å². The van der Waals surface area contributed by atoms with Crippen LogP contribution in [0.1, 0.15) is 13.8 Å². The Balaban J connectivity index is 1.59. The van der Waals surface area contributed by atoms with Crippen molar-refractivity contribution in [3.63, 3.8) is 0 Å². The normalized spacial score (nSPS) is 17.6. The first-order valence-electron chi connectivity index (χ1n) is 8.75. The van der Waals surface area contributed by atoms with Gasteiger partial charge in [0.15, 0.2) is 11.5 Å². The third-order valence-electron chi connectivity index (χ3n) is 4.51. The summed E-state index contributed by atoms with van der Waals surface area (Å²) in [6.45, 7) is 4.54. The summed E-state index contributed by atoms with van der Waals surface area (Å²) >= 11 is 0. The van der Waals surface area contributed by atoms with E-state index in [9.17, 15) is 13.2 Å². The summed E-state index contributed by atoms with van der Waals surface area (Å²) in [4.78, 5) is 12.2. The summed E-state index contributed by atoms with van der Waals surface area (Å²) in [5.74, 6) is 1.16. The average molecular weight is 404 g/mol. The third kappa shape index (κ3) is 3.45. The van der Waals surface area contributed by atoms with Crippen LogP contribution in [0.4, 0.5) is 11.4 Å². The maximum absolute atomic E-state index is 12.8. The number of carbonyl (C=O) groups is 1. The standard InChI is InChI=1S/C19H20N2O6S/c1-19(2)11-27-16-9-12(3-5-14(16)20-18(19)22)21-28(23,24)13-4-6-15-17(10-13)26-8-7-25-15/h3-6,9-10,21H,7-8,11H2,1-2H3,(H,20,22). The van der Waals surface area contributed by atoms with Crippen LogP contribution in [0.5, 0.6) is 17.2 Å². The summed E-state index contributed by atoms with van der Waals surface area (Å²) in [6, 6.07) is 9.18. The molecule has 0 fully saturated rings. The molecule has 2 aliphatic rings. The highest BCUT2D eigenvalue weighted by Crippen LogP contribution is 2.36. The van der Waals surface area contributed by atoms with Gasteiger partial charge in [0, 0.05) is 12.1 Å². The number of sulfonamides is 1. The highest BCUT2D eigenvalue weighted by Gasteiger charge is 2.32.